The van der Waals surface area contributed by atoms with Gasteiger partial charge in [-0.3, -0.25) is 0 Å². The van der Waals surface area contributed by atoms with Crippen LogP contribution in [0.3, 0.4) is 0 Å². The van der Waals surface area contributed by atoms with E-state index < -0.39 is 0 Å². The van der Waals surface area contributed by atoms with Crippen LogP contribution in [0.4, 0.5) is 5.69 Å². The molecule has 0 saturated carbocycles. The molecule has 21 heavy (non-hydrogen) atoms. The van der Waals surface area contributed by atoms with E-state index in [1.165, 1.54) is 0 Å². The maximum atomic E-state index is 9.20. The molecule has 2 N–H and O–H groups in total. The molecule has 0 bridgehead atoms. The van der Waals surface area contributed by atoms with Gasteiger partial charge < -0.3 is 10.5 Å². The third kappa shape index (κ3) is 3.37. The van der Waals surface area contributed by atoms with Crippen LogP contribution >= 0.6 is 15.9 Å². The number of nitriles is 1. The zero-order valence-electron chi connectivity index (χ0n) is 12.3. The van der Waals surface area contributed by atoms with E-state index >= 15 is 0 Å². The average Bonchev–Trinajstić information content (AvgIpc) is 2.42. The summed E-state index contributed by atoms with van der Waals surface area (Å²) in [7, 11) is 0. The highest BCUT2D eigenvalue weighted by molar-refractivity contribution is 9.10. The van der Waals surface area contributed by atoms with Crippen molar-refractivity contribution in [2.45, 2.75) is 26.7 Å². The minimum absolute atomic E-state index is 0.278. The van der Waals surface area contributed by atoms with Crippen LogP contribution in [0.15, 0.2) is 34.8 Å². The van der Waals surface area contributed by atoms with Gasteiger partial charge in [-0.2, -0.15) is 5.26 Å². The first-order chi connectivity index (χ1) is 9.92. The van der Waals surface area contributed by atoms with E-state index in [0.29, 0.717) is 11.3 Å². The van der Waals surface area contributed by atoms with Crippen molar-refractivity contribution < 1.29 is 4.74 Å². The predicted molar refractivity (Wildman–Crippen MR) is 88.6 cm³/mol. The van der Waals surface area contributed by atoms with Gasteiger partial charge in [-0.25, -0.2) is 0 Å². The summed E-state index contributed by atoms with van der Waals surface area (Å²) in [5, 5.41) is 9.20. The van der Waals surface area contributed by atoms with Gasteiger partial charge in [-0.1, -0.05) is 29.8 Å². The fourth-order valence-corrected chi connectivity index (χ4v) is 2.39. The second kappa shape index (κ2) is 6.19. The minimum Gasteiger partial charge on any atom is -0.456 e. The van der Waals surface area contributed by atoms with Crippen LogP contribution in [0.25, 0.3) is 0 Å². The molecule has 108 valence electrons. The average molecular weight is 345 g/mol. The first-order valence-electron chi connectivity index (χ1n) is 6.70. The minimum atomic E-state index is 0.278. The Bertz CT molecular complexity index is 717. The summed E-state index contributed by atoms with van der Waals surface area (Å²) in [5.74, 6) is 1.56. The summed E-state index contributed by atoms with van der Waals surface area (Å²) in [4.78, 5) is 0. The fourth-order valence-electron chi connectivity index (χ4n) is 2.05. The number of hydrogen-bond donors (Lipinski definition) is 1. The Labute approximate surface area is 133 Å². The molecule has 2 rings (SSSR count). The monoisotopic (exact) mass is 344 g/mol. The summed E-state index contributed by atoms with van der Waals surface area (Å²) in [6.07, 6.45) is 0. The third-order valence-electron chi connectivity index (χ3n) is 3.30. The van der Waals surface area contributed by atoms with Gasteiger partial charge in [0.2, 0.25) is 0 Å². The number of nitrogen functional groups attached to an aromatic ring is 1. The highest BCUT2D eigenvalue weighted by Gasteiger charge is 2.13. The van der Waals surface area contributed by atoms with Crippen LogP contribution in [-0.2, 0) is 0 Å². The molecule has 0 heterocycles. The molecule has 0 spiro atoms. The van der Waals surface area contributed by atoms with E-state index in [4.69, 9.17) is 10.5 Å². The van der Waals surface area contributed by atoms with E-state index in [1.54, 1.807) is 12.1 Å². The molecule has 0 fully saturated rings. The molecule has 0 radical (unpaired) electrons. The molecule has 0 aliphatic heterocycles. The van der Waals surface area contributed by atoms with E-state index in [0.717, 1.165) is 27.0 Å². The van der Waals surface area contributed by atoms with Crippen molar-refractivity contribution in [2.24, 2.45) is 0 Å². The Morgan fingerprint density at radius 1 is 1.19 bits per heavy atom. The van der Waals surface area contributed by atoms with Crippen LogP contribution in [0.5, 0.6) is 11.5 Å². The smallest absolute Gasteiger partial charge is 0.146 e. The summed E-state index contributed by atoms with van der Waals surface area (Å²) in [6, 6.07) is 11.4. The number of anilines is 1. The largest absolute Gasteiger partial charge is 0.456 e. The quantitative estimate of drug-likeness (QED) is 0.785. The zero-order valence-corrected chi connectivity index (χ0v) is 13.9. The second-order valence-electron chi connectivity index (χ2n) is 5.26. The highest BCUT2D eigenvalue weighted by atomic mass is 79.9. The Morgan fingerprint density at radius 3 is 2.52 bits per heavy atom. The number of nitrogens with two attached hydrogens (primary N) is 1. The van der Waals surface area contributed by atoms with Gasteiger partial charge in [-0.05, 0) is 54.3 Å². The number of halogens is 1. The Morgan fingerprint density at radius 2 is 1.90 bits per heavy atom. The SMILES string of the molecule is Cc1cc(Oc2cc(Br)ccc2C#N)c(C(C)C)cc1N. The molecule has 0 unspecified atom stereocenters. The highest BCUT2D eigenvalue weighted by Crippen LogP contribution is 2.36. The Kier molecular flexibility index (Phi) is 4.54. The molecule has 0 saturated heterocycles. The summed E-state index contributed by atoms with van der Waals surface area (Å²) in [5.41, 5.74) is 9.23. The van der Waals surface area contributed by atoms with E-state index in [9.17, 15) is 5.26 Å². The molecular formula is C17H17BrN2O. The number of aryl methyl sites for hydroxylation is 1. The molecule has 0 aliphatic carbocycles. The van der Waals surface area contributed by atoms with Crippen LogP contribution in [-0.4, -0.2) is 0 Å². The molecule has 0 amide bonds. The fraction of sp³-hybridized carbons (Fsp3) is 0.235. The molecule has 0 aliphatic rings. The van der Waals surface area contributed by atoms with Gasteiger partial charge in [0, 0.05) is 10.2 Å². The van der Waals surface area contributed by atoms with E-state index in [1.807, 2.05) is 25.1 Å². The molecule has 2 aromatic carbocycles. The van der Waals surface area contributed by atoms with Crippen molar-refractivity contribution >= 4 is 21.6 Å². The lowest BCUT2D eigenvalue weighted by Crippen LogP contribution is -1.99. The van der Waals surface area contributed by atoms with E-state index in [2.05, 4.69) is 35.8 Å². The Balaban J connectivity index is 2.51. The van der Waals surface area contributed by atoms with Crippen LogP contribution < -0.4 is 10.5 Å². The van der Waals surface area contributed by atoms with Gasteiger partial charge in [0.25, 0.3) is 0 Å². The predicted octanol–water partition coefficient (Wildman–Crippen LogP) is 5.13. The van der Waals surface area contributed by atoms with Crippen molar-refractivity contribution in [1.82, 2.24) is 0 Å². The van der Waals surface area contributed by atoms with Crippen molar-refractivity contribution in [3.63, 3.8) is 0 Å². The van der Waals surface area contributed by atoms with Crippen LogP contribution in [0, 0.1) is 18.3 Å². The first kappa shape index (κ1) is 15.4. The second-order valence-corrected chi connectivity index (χ2v) is 6.17. The van der Waals surface area contributed by atoms with Gasteiger partial charge in [0.05, 0.1) is 5.56 Å². The summed E-state index contributed by atoms with van der Waals surface area (Å²) in [6.45, 7) is 6.12. The molecular weight excluding hydrogens is 328 g/mol. The van der Waals surface area contributed by atoms with Gasteiger partial charge in [0.15, 0.2) is 0 Å². The number of rotatable bonds is 3. The van der Waals surface area contributed by atoms with Crippen LogP contribution in [0.2, 0.25) is 0 Å². The maximum absolute atomic E-state index is 9.20. The van der Waals surface area contributed by atoms with Gasteiger partial charge in [0.1, 0.15) is 17.6 Å². The van der Waals surface area contributed by atoms with Crippen molar-refractivity contribution in [1.29, 1.82) is 5.26 Å². The van der Waals surface area contributed by atoms with Crippen LogP contribution in [0.1, 0.15) is 36.5 Å². The summed E-state index contributed by atoms with van der Waals surface area (Å²) >= 11 is 3.40. The Hall–Kier alpha value is -1.99. The lowest BCUT2D eigenvalue weighted by atomic mass is 9.99. The first-order valence-corrected chi connectivity index (χ1v) is 7.49. The van der Waals surface area contributed by atoms with Crippen molar-refractivity contribution in [3.8, 4) is 17.6 Å². The number of nitrogens with zero attached hydrogens (tertiary/aromatic N) is 1. The number of ether oxygens (including phenoxy) is 1. The molecule has 0 atom stereocenters. The third-order valence-corrected chi connectivity index (χ3v) is 3.80. The molecule has 2 aromatic rings. The van der Waals surface area contributed by atoms with E-state index in [-0.39, 0.29) is 5.92 Å². The van der Waals surface area contributed by atoms with Crippen molar-refractivity contribution in [3.05, 3.63) is 51.5 Å². The molecule has 3 nitrogen and oxygen atoms in total. The lowest BCUT2D eigenvalue weighted by molar-refractivity contribution is 0.471. The molecule has 4 heteroatoms. The summed E-state index contributed by atoms with van der Waals surface area (Å²) < 4.78 is 6.87. The lowest BCUT2D eigenvalue weighted by Gasteiger charge is -2.17. The van der Waals surface area contributed by atoms with Gasteiger partial charge in [-0.15, -0.1) is 0 Å². The van der Waals surface area contributed by atoms with Crippen molar-refractivity contribution in [2.75, 3.05) is 5.73 Å². The normalized spacial score (nSPS) is 10.5. The standard InChI is InChI=1S/C17H17BrN2O/c1-10(2)14-8-15(20)11(3)6-17(14)21-16-7-13(18)5-4-12(16)9-19/h4-8,10H,20H2,1-3H3. The maximum Gasteiger partial charge on any atom is 0.146 e. The van der Waals surface area contributed by atoms with Gasteiger partial charge >= 0.3 is 0 Å². The molecule has 0 aromatic heterocycles. The zero-order chi connectivity index (χ0) is 15.6. The number of benzene rings is 2. The number of hydrogen-bond acceptors (Lipinski definition) is 3. The topological polar surface area (TPSA) is 59.0 Å².